The van der Waals surface area contributed by atoms with E-state index in [0.717, 1.165) is 18.6 Å². The summed E-state index contributed by atoms with van der Waals surface area (Å²) in [6.07, 6.45) is 2.15. The van der Waals surface area contributed by atoms with E-state index < -0.39 is 0 Å². The van der Waals surface area contributed by atoms with Gasteiger partial charge in [-0.25, -0.2) is 4.98 Å². The molecule has 0 aromatic carbocycles. The van der Waals surface area contributed by atoms with Gasteiger partial charge < -0.3 is 8.94 Å². The molecule has 0 saturated heterocycles. The highest BCUT2D eigenvalue weighted by Crippen LogP contribution is 2.38. The predicted octanol–water partition coefficient (Wildman–Crippen LogP) is 3.22. The summed E-state index contributed by atoms with van der Waals surface area (Å²) in [5.74, 6) is 2.10. The smallest absolute Gasteiger partial charge is 0.328 e. The number of anilines is 1. The Morgan fingerprint density at radius 2 is 2.23 bits per heavy atom. The molecule has 1 aliphatic carbocycles. The summed E-state index contributed by atoms with van der Waals surface area (Å²) in [5.41, 5.74) is 0.292. The normalized spacial score (nSPS) is 14.2. The standard InChI is InChI=1S/C14H12N4O3S/c1-7-2-5-10(20-7)13-15-9(6-22-13)12(19)17-14-16-11(18-21-14)8-3-4-8/h2,5-6,8H,3-4H2,1H3,(H,16,17,18,19). The minimum absolute atomic E-state index is 0.107. The zero-order valence-corrected chi connectivity index (χ0v) is 12.5. The Labute approximate surface area is 129 Å². The molecule has 22 heavy (non-hydrogen) atoms. The zero-order valence-electron chi connectivity index (χ0n) is 11.7. The average Bonchev–Trinajstić information content (AvgIpc) is 2.93. The maximum atomic E-state index is 12.1. The molecule has 1 fully saturated rings. The fourth-order valence-electron chi connectivity index (χ4n) is 1.99. The summed E-state index contributed by atoms with van der Waals surface area (Å²) in [6.45, 7) is 1.86. The third kappa shape index (κ3) is 2.52. The minimum Gasteiger partial charge on any atom is -0.459 e. The summed E-state index contributed by atoms with van der Waals surface area (Å²) in [5, 5.41) is 8.73. The molecule has 3 aromatic heterocycles. The number of aryl methyl sites for hydroxylation is 1. The largest absolute Gasteiger partial charge is 0.459 e. The van der Waals surface area contributed by atoms with Crippen LogP contribution in [0, 0.1) is 6.92 Å². The van der Waals surface area contributed by atoms with Crippen LogP contribution in [0.1, 0.15) is 40.8 Å². The van der Waals surface area contributed by atoms with E-state index in [1.807, 2.05) is 19.1 Å². The molecule has 0 bridgehead atoms. The fraction of sp³-hybridized carbons (Fsp3) is 0.286. The van der Waals surface area contributed by atoms with Gasteiger partial charge in [-0.05, 0) is 31.9 Å². The Morgan fingerprint density at radius 3 is 2.95 bits per heavy atom. The number of furan rings is 1. The molecule has 0 spiro atoms. The number of carbonyl (C=O) groups excluding carboxylic acids is 1. The van der Waals surface area contributed by atoms with Crippen LogP contribution in [0.2, 0.25) is 0 Å². The third-order valence-corrected chi connectivity index (χ3v) is 4.15. The molecule has 0 unspecified atom stereocenters. The highest BCUT2D eigenvalue weighted by atomic mass is 32.1. The number of hydrogen-bond acceptors (Lipinski definition) is 7. The van der Waals surface area contributed by atoms with Gasteiger partial charge in [0.2, 0.25) is 0 Å². The van der Waals surface area contributed by atoms with E-state index in [4.69, 9.17) is 8.94 Å². The highest BCUT2D eigenvalue weighted by Gasteiger charge is 2.29. The minimum atomic E-state index is -0.378. The van der Waals surface area contributed by atoms with Gasteiger partial charge in [0, 0.05) is 11.3 Å². The van der Waals surface area contributed by atoms with Crippen LogP contribution in [-0.2, 0) is 0 Å². The van der Waals surface area contributed by atoms with Crippen molar-refractivity contribution in [1.29, 1.82) is 0 Å². The zero-order chi connectivity index (χ0) is 15.1. The summed E-state index contributed by atoms with van der Waals surface area (Å²) in [7, 11) is 0. The lowest BCUT2D eigenvalue weighted by Gasteiger charge is -1.95. The van der Waals surface area contributed by atoms with E-state index in [1.165, 1.54) is 11.3 Å². The van der Waals surface area contributed by atoms with E-state index in [0.29, 0.717) is 28.2 Å². The Hall–Kier alpha value is -2.48. The van der Waals surface area contributed by atoms with Gasteiger partial charge in [-0.2, -0.15) is 4.98 Å². The summed E-state index contributed by atoms with van der Waals surface area (Å²) in [4.78, 5) is 20.6. The SMILES string of the molecule is Cc1ccc(-c2nc(C(=O)Nc3nc(C4CC4)no3)cs2)o1. The number of rotatable bonds is 4. The van der Waals surface area contributed by atoms with Gasteiger partial charge >= 0.3 is 6.01 Å². The van der Waals surface area contributed by atoms with E-state index in [-0.39, 0.29) is 11.9 Å². The number of amides is 1. The van der Waals surface area contributed by atoms with Gasteiger partial charge in [0.15, 0.2) is 16.6 Å². The van der Waals surface area contributed by atoms with Crippen molar-refractivity contribution in [2.45, 2.75) is 25.7 Å². The first-order valence-corrected chi connectivity index (χ1v) is 7.74. The molecule has 8 heteroatoms. The molecular weight excluding hydrogens is 304 g/mol. The van der Waals surface area contributed by atoms with E-state index in [1.54, 1.807) is 5.38 Å². The fourth-order valence-corrected chi connectivity index (χ4v) is 2.75. The molecule has 0 atom stereocenters. The molecule has 1 aliphatic rings. The van der Waals surface area contributed by atoms with Crippen molar-refractivity contribution in [2.75, 3.05) is 5.32 Å². The van der Waals surface area contributed by atoms with Gasteiger partial charge in [0.25, 0.3) is 5.91 Å². The highest BCUT2D eigenvalue weighted by molar-refractivity contribution is 7.13. The first-order chi connectivity index (χ1) is 10.7. The monoisotopic (exact) mass is 316 g/mol. The van der Waals surface area contributed by atoms with Gasteiger partial charge in [-0.1, -0.05) is 5.16 Å². The second kappa shape index (κ2) is 5.06. The van der Waals surface area contributed by atoms with E-state index in [2.05, 4.69) is 20.4 Å². The number of thiazole rings is 1. The van der Waals surface area contributed by atoms with Crippen molar-refractivity contribution in [3.8, 4) is 10.8 Å². The first-order valence-electron chi connectivity index (χ1n) is 6.86. The molecular formula is C14H12N4O3S. The molecule has 112 valence electrons. The Kier molecular flexibility index (Phi) is 3.04. The molecule has 3 aromatic rings. The van der Waals surface area contributed by atoms with Crippen molar-refractivity contribution in [2.24, 2.45) is 0 Å². The lowest BCUT2D eigenvalue weighted by Crippen LogP contribution is -2.12. The maximum absolute atomic E-state index is 12.1. The van der Waals surface area contributed by atoms with Crippen molar-refractivity contribution in [1.82, 2.24) is 15.1 Å². The molecule has 1 amide bonds. The maximum Gasteiger partial charge on any atom is 0.328 e. The predicted molar refractivity (Wildman–Crippen MR) is 78.8 cm³/mol. The van der Waals surface area contributed by atoms with Gasteiger partial charge in [0.05, 0.1) is 0 Å². The van der Waals surface area contributed by atoms with Crippen molar-refractivity contribution in [3.05, 3.63) is 34.8 Å². The van der Waals surface area contributed by atoms with E-state index >= 15 is 0 Å². The van der Waals surface area contributed by atoms with Crippen LogP contribution in [0.4, 0.5) is 6.01 Å². The second-order valence-corrected chi connectivity index (χ2v) is 5.99. The van der Waals surface area contributed by atoms with Crippen LogP contribution in [-0.4, -0.2) is 21.0 Å². The van der Waals surface area contributed by atoms with Crippen LogP contribution in [0.5, 0.6) is 0 Å². The van der Waals surface area contributed by atoms with Crippen LogP contribution in [0.3, 0.4) is 0 Å². The van der Waals surface area contributed by atoms with Crippen molar-refractivity contribution < 1.29 is 13.7 Å². The molecule has 0 aliphatic heterocycles. The molecule has 4 rings (SSSR count). The lowest BCUT2D eigenvalue weighted by molar-refractivity contribution is 0.101. The van der Waals surface area contributed by atoms with E-state index in [9.17, 15) is 4.79 Å². The molecule has 3 heterocycles. The Bertz CT molecular complexity index is 831. The number of aromatic nitrogens is 3. The van der Waals surface area contributed by atoms with Crippen LogP contribution in [0.25, 0.3) is 10.8 Å². The number of carbonyl (C=O) groups is 1. The van der Waals surface area contributed by atoms with Crippen LogP contribution in [0.15, 0.2) is 26.5 Å². The Balaban J connectivity index is 1.49. The first kappa shape index (κ1) is 13.2. The van der Waals surface area contributed by atoms with Gasteiger partial charge in [-0.15, -0.1) is 11.3 Å². The number of nitrogens with one attached hydrogen (secondary N) is 1. The number of hydrogen-bond donors (Lipinski definition) is 1. The van der Waals surface area contributed by atoms with Crippen molar-refractivity contribution in [3.63, 3.8) is 0 Å². The topological polar surface area (TPSA) is 94.1 Å². The summed E-state index contributed by atoms with van der Waals surface area (Å²) < 4.78 is 10.5. The molecule has 1 N–H and O–H groups in total. The lowest BCUT2D eigenvalue weighted by atomic mass is 10.4. The third-order valence-electron chi connectivity index (χ3n) is 3.29. The quantitative estimate of drug-likeness (QED) is 0.794. The molecule has 7 nitrogen and oxygen atoms in total. The van der Waals surface area contributed by atoms with Crippen LogP contribution >= 0.6 is 11.3 Å². The van der Waals surface area contributed by atoms with Crippen LogP contribution < -0.4 is 5.32 Å². The molecule has 0 radical (unpaired) electrons. The second-order valence-electron chi connectivity index (χ2n) is 5.13. The summed E-state index contributed by atoms with van der Waals surface area (Å²) >= 11 is 1.34. The van der Waals surface area contributed by atoms with Gasteiger partial charge in [-0.3, -0.25) is 10.1 Å². The van der Waals surface area contributed by atoms with Gasteiger partial charge in [0.1, 0.15) is 11.5 Å². The average molecular weight is 316 g/mol. The Morgan fingerprint density at radius 1 is 1.36 bits per heavy atom. The number of nitrogens with zero attached hydrogens (tertiary/aromatic N) is 3. The van der Waals surface area contributed by atoms with Crippen molar-refractivity contribution >= 4 is 23.3 Å². The summed E-state index contributed by atoms with van der Waals surface area (Å²) in [6, 6.07) is 3.79. The molecule has 1 saturated carbocycles.